The average molecular weight is 235 g/mol. The molecular weight excluding hydrogens is 214 g/mol. The number of carbonyl (C=O) groups is 1. The van der Waals surface area contributed by atoms with Crippen LogP contribution in [0.5, 0.6) is 5.75 Å². The first-order chi connectivity index (χ1) is 8.08. The molecule has 94 valence electrons. The molecular formula is C14H21NO2. The highest BCUT2D eigenvalue weighted by Crippen LogP contribution is 2.22. The van der Waals surface area contributed by atoms with Crippen LogP contribution in [0.2, 0.25) is 0 Å². The molecule has 0 unspecified atom stereocenters. The molecule has 0 bridgehead atoms. The average Bonchev–Trinajstić information content (AvgIpc) is 2.36. The van der Waals surface area contributed by atoms with Crippen molar-refractivity contribution in [1.29, 1.82) is 0 Å². The number of hydrogen-bond donors (Lipinski definition) is 2. The Kier molecular flexibility index (Phi) is 4.55. The van der Waals surface area contributed by atoms with Gasteiger partial charge in [0.2, 0.25) is 0 Å². The topological polar surface area (TPSA) is 49.3 Å². The van der Waals surface area contributed by atoms with Gasteiger partial charge in [-0.1, -0.05) is 32.9 Å². The van der Waals surface area contributed by atoms with Gasteiger partial charge in [0.15, 0.2) is 0 Å². The Bertz CT molecular complexity index is 375. The van der Waals surface area contributed by atoms with E-state index in [1.807, 2.05) is 0 Å². The monoisotopic (exact) mass is 235 g/mol. The maximum atomic E-state index is 12.1. The Morgan fingerprint density at radius 2 is 1.71 bits per heavy atom. The van der Waals surface area contributed by atoms with Crippen LogP contribution >= 0.6 is 0 Å². The van der Waals surface area contributed by atoms with Gasteiger partial charge < -0.3 is 10.4 Å². The van der Waals surface area contributed by atoms with Gasteiger partial charge in [-0.3, -0.25) is 4.79 Å². The van der Waals surface area contributed by atoms with Crippen LogP contribution in [0, 0.1) is 0 Å². The molecule has 3 heteroatoms. The summed E-state index contributed by atoms with van der Waals surface area (Å²) < 4.78 is 0. The normalized spacial score (nSPS) is 11.2. The van der Waals surface area contributed by atoms with Crippen LogP contribution in [-0.2, 0) is 0 Å². The molecule has 1 aromatic carbocycles. The van der Waals surface area contributed by atoms with Crippen molar-refractivity contribution in [2.24, 2.45) is 0 Å². The van der Waals surface area contributed by atoms with Gasteiger partial charge in [0, 0.05) is 5.54 Å². The highest BCUT2D eigenvalue weighted by atomic mass is 16.3. The third-order valence-electron chi connectivity index (χ3n) is 3.56. The molecule has 0 fully saturated rings. The van der Waals surface area contributed by atoms with Crippen molar-refractivity contribution in [3.05, 3.63) is 29.8 Å². The molecule has 1 amide bonds. The Hall–Kier alpha value is -1.51. The van der Waals surface area contributed by atoms with E-state index < -0.39 is 0 Å². The lowest BCUT2D eigenvalue weighted by molar-refractivity contribution is 0.0885. The summed E-state index contributed by atoms with van der Waals surface area (Å²) in [5, 5.41) is 12.7. The number of amides is 1. The lowest BCUT2D eigenvalue weighted by Gasteiger charge is -2.31. The van der Waals surface area contributed by atoms with Crippen LogP contribution < -0.4 is 5.32 Å². The number of benzene rings is 1. The van der Waals surface area contributed by atoms with E-state index in [9.17, 15) is 9.90 Å². The van der Waals surface area contributed by atoms with E-state index in [4.69, 9.17) is 0 Å². The number of nitrogens with one attached hydrogen (secondary N) is 1. The summed E-state index contributed by atoms with van der Waals surface area (Å²) in [6.07, 6.45) is 2.66. The molecule has 0 spiro atoms. The molecule has 0 atom stereocenters. The predicted octanol–water partition coefficient (Wildman–Crippen LogP) is 3.09. The number of aromatic hydroxyl groups is 1. The van der Waals surface area contributed by atoms with Crippen LogP contribution in [0.4, 0.5) is 0 Å². The molecule has 0 aliphatic carbocycles. The second kappa shape index (κ2) is 5.71. The number of phenolic OH excluding ortho intramolecular Hbond substituents is 1. The third-order valence-corrected chi connectivity index (χ3v) is 3.56. The van der Waals surface area contributed by atoms with Crippen molar-refractivity contribution < 1.29 is 9.90 Å². The maximum absolute atomic E-state index is 12.1. The summed E-state index contributed by atoms with van der Waals surface area (Å²) >= 11 is 0. The van der Waals surface area contributed by atoms with E-state index in [0.29, 0.717) is 5.56 Å². The summed E-state index contributed by atoms with van der Waals surface area (Å²) in [6.45, 7) is 6.20. The molecule has 0 aromatic heterocycles. The summed E-state index contributed by atoms with van der Waals surface area (Å²) in [6, 6.07) is 6.62. The smallest absolute Gasteiger partial charge is 0.255 e. The Balaban J connectivity index is 2.89. The van der Waals surface area contributed by atoms with E-state index in [0.717, 1.165) is 19.3 Å². The van der Waals surface area contributed by atoms with Gasteiger partial charge in [-0.25, -0.2) is 0 Å². The minimum atomic E-state index is -0.200. The third kappa shape index (κ3) is 2.99. The molecule has 1 rings (SSSR count). The van der Waals surface area contributed by atoms with E-state index in [1.54, 1.807) is 18.2 Å². The van der Waals surface area contributed by atoms with Crippen molar-refractivity contribution in [3.63, 3.8) is 0 Å². The molecule has 0 aliphatic heterocycles. The molecule has 1 aromatic rings. The van der Waals surface area contributed by atoms with Crippen molar-refractivity contribution >= 4 is 5.91 Å². The first-order valence-electron chi connectivity index (χ1n) is 6.19. The van der Waals surface area contributed by atoms with Gasteiger partial charge in [-0.05, 0) is 31.4 Å². The predicted molar refractivity (Wildman–Crippen MR) is 69.2 cm³/mol. The lowest BCUT2D eigenvalue weighted by Crippen LogP contribution is -2.47. The van der Waals surface area contributed by atoms with Gasteiger partial charge in [0.05, 0.1) is 5.56 Å². The SMILES string of the molecule is CCC(CC)(CC)NC(=O)c1ccccc1O. The van der Waals surface area contributed by atoms with Crippen LogP contribution in [0.1, 0.15) is 50.4 Å². The standard InChI is InChI=1S/C14H21NO2/c1-4-14(5-2,6-3)15-13(17)11-9-7-8-10-12(11)16/h7-10,16H,4-6H2,1-3H3,(H,15,17). The van der Waals surface area contributed by atoms with E-state index in [2.05, 4.69) is 26.1 Å². The zero-order valence-corrected chi connectivity index (χ0v) is 10.8. The number of carbonyl (C=O) groups excluding carboxylic acids is 1. The van der Waals surface area contributed by atoms with Gasteiger partial charge >= 0.3 is 0 Å². The minimum absolute atomic E-state index is 0.0298. The molecule has 0 heterocycles. The number of rotatable bonds is 5. The Morgan fingerprint density at radius 1 is 1.18 bits per heavy atom. The molecule has 2 N–H and O–H groups in total. The summed E-state index contributed by atoms with van der Waals surface area (Å²) in [5.41, 5.74) is 0.173. The highest BCUT2D eigenvalue weighted by molar-refractivity contribution is 5.97. The Morgan fingerprint density at radius 3 is 2.18 bits per heavy atom. The van der Waals surface area contributed by atoms with Gasteiger partial charge in [-0.2, -0.15) is 0 Å². The fourth-order valence-corrected chi connectivity index (χ4v) is 1.99. The van der Waals surface area contributed by atoms with Crippen molar-refractivity contribution in [1.82, 2.24) is 5.32 Å². The molecule has 0 saturated carbocycles. The maximum Gasteiger partial charge on any atom is 0.255 e. The molecule has 0 aliphatic rings. The largest absolute Gasteiger partial charge is 0.507 e. The van der Waals surface area contributed by atoms with Crippen molar-refractivity contribution in [3.8, 4) is 5.75 Å². The van der Waals surface area contributed by atoms with E-state index in [1.165, 1.54) is 6.07 Å². The summed E-state index contributed by atoms with van der Waals surface area (Å²) in [7, 11) is 0. The lowest BCUT2D eigenvalue weighted by atomic mass is 9.89. The first kappa shape index (κ1) is 13.6. The van der Waals surface area contributed by atoms with Crippen LogP contribution in [0.15, 0.2) is 24.3 Å². The second-order valence-corrected chi connectivity index (χ2v) is 4.31. The molecule has 0 radical (unpaired) electrons. The fourth-order valence-electron chi connectivity index (χ4n) is 1.99. The number of hydrogen-bond acceptors (Lipinski definition) is 2. The summed E-state index contributed by atoms with van der Waals surface area (Å²) in [4.78, 5) is 12.1. The first-order valence-corrected chi connectivity index (χ1v) is 6.19. The fraction of sp³-hybridized carbons (Fsp3) is 0.500. The zero-order chi connectivity index (χ0) is 12.9. The Labute approximate surface area is 103 Å². The highest BCUT2D eigenvalue weighted by Gasteiger charge is 2.26. The van der Waals surface area contributed by atoms with E-state index in [-0.39, 0.29) is 17.2 Å². The molecule has 0 saturated heterocycles. The molecule has 17 heavy (non-hydrogen) atoms. The van der Waals surface area contributed by atoms with Crippen molar-refractivity contribution in [2.75, 3.05) is 0 Å². The summed E-state index contributed by atoms with van der Waals surface area (Å²) in [5.74, 6) is -0.171. The van der Waals surface area contributed by atoms with E-state index >= 15 is 0 Å². The second-order valence-electron chi connectivity index (χ2n) is 4.31. The quantitative estimate of drug-likeness (QED) is 0.824. The number of phenols is 1. The van der Waals surface area contributed by atoms with Gasteiger partial charge in [-0.15, -0.1) is 0 Å². The molecule has 3 nitrogen and oxygen atoms in total. The van der Waals surface area contributed by atoms with Gasteiger partial charge in [0.25, 0.3) is 5.91 Å². The van der Waals surface area contributed by atoms with Crippen molar-refractivity contribution in [2.45, 2.75) is 45.6 Å². The van der Waals surface area contributed by atoms with Crippen LogP contribution in [0.25, 0.3) is 0 Å². The zero-order valence-electron chi connectivity index (χ0n) is 10.8. The van der Waals surface area contributed by atoms with Crippen LogP contribution in [0.3, 0.4) is 0 Å². The van der Waals surface area contributed by atoms with Gasteiger partial charge in [0.1, 0.15) is 5.75 Å². The minimum Gasteiger partial charge on any atom is -0.507 e. The van der Waals surface area contributed by atoms with Crippen LogP contribution in [-0.4, -0.2) is 16.6 Å². The number of para-hydroxylation sites is 1.